The highest BCUT2D eigenvalue weighted by molar-refractivity contribution is 6.17. The number of pyridine rings is 2. The molecule has 0 saturated heterocycles. The molecule has 0 unspecified atom stereocenters. The number of fused-ring (bicyclic) bond motifs is 1. The molecule has 3 aromatic rings. The molecule has 5 heteroatoms. The van der Waals surface area contributed by atoms with Gasteiger partial charge in [-0.05, 0) is 25.1 Å². The highest BCUT2D eigenvalue weighted by Gasteiger charge is 2.11. The molecule has 3 rings (SSSR count). The van der Waals surface area contributed by atoms with Crippen molar-refractivity contribution in [2.75, 3.05) is 5.88 Å². The molecule has 4 nitrogen and oxygen atoms in total. The maximum absolute atomic E-state index is 5.88. The van der Waals surface area contributed by atoms with E-state index in [4.69, 9.17) is 11.6 Å². The molecular formula is C15H15ClN4. The van der Waals surface area contributed by atoms with Crippen LogP contribution in [-0.2, 0) is 13.0 Å². The molecule has 0 saturated carbocycles. The summed E-state index contributed by atoms with van der Waals surface area (Å²) in [6.45, 7) is 2.70. The third-order valence-corrected chi connectivity index (χ3v) is 3.40. The average molecular weight is 287 g/mol. The molecule has 0 aliphatic rings. The monoisotopic (exact) mass is 286 g/mol. The summed E-state index contributed by atoms with van der Waals surface area (Å²) in [5.41, 5.74) is 4.02. The normalized spacial score (nSPS) is 11.1. The van der Waals surface area contributed by atoms with E-state index < -0.39 is 0 Å². The molecule has 0 amide bonds. The van der Waals surface area contributed by atoms with E-state index in [9.17, 15) is 0 Å². The van der Waals surface area contributed by atoms with E-state index in [2.05, 4.69) is 19.5 Å². The van der Waals surface area contributed by atoms with Gasteiger partial charge in [0.15, 0.2) is 0 Å². The van der Waals surface area contributed by atoms with Crippen molar-refractivity contribution in [2.45, 2.75) is 19.9 Å². The van der Waals surface area contributed by atoms with Gasteiger partial charge in [-0.25, -0.2) is 4.98 Å². The molecule has 20 heavy (non-hydrogen) atoms. The lowest BCUT2D eigenvalue weighted by Crippen LogP contribution is -2.07. The molecule has 3 heterocycles. The van der Waals surface area contributed by atoms with Crippen molar-refractivity contribution < 1.29 is 0 Å². The first-order chi connectivity index (χ1) is 9.78. The van der Waals surface area contributed by atoms with Crippen LogP contribution >= 0.6 is 11.6 Å². The molecular weight excluding hydrogens is 272 g/mol. The minimum atomic E-state index is 0.554. The van der Waals surface area contributed by atoms with Crippen LogP contribution < -0.4 is 0 Å². The fourth-order valence-electron chi connectivity index (χ4n) is 2.33. The van der Waals surface area contributed by atoms with Crippen LogP contribution in [0.25, 0.3) is 11.0 Å². The number of halogens is 1. The van der Waals surface area contributed by atoms with Crippen molar-refractivity contribution in [1.29, 1.82) is 0 Å². The van der Waals surface area contributed by atoms with Crippen LogP contribution in [0.5, 0.6) is 0 Å². The van der Waals surface area contributed by atoms with E-state index in [0.29, 0.717) is 12.4 Å². The number of hydrogen-bond acceptors (Lipinski definition) is 3. The Hall–Kier alpha value is -1.94. The summed E-state index contributed by atoms with van der Waals surface area (Å²) < 4.78 is 2.17. The Bertz CT molecular complexity index is 736. The van der Waals surface area contributed by atoms with Gasteiger partial charge >= 0.3 is 0 Å². The second-order valence-electron chi connectivity index (χ2n) is 4.69. The molecule has 0 aliphatic heterocycles. The Kier molecular flexibility index (Phi) is 3.65. The largest absolute Gasteiger partial charge is 0.322 e. The zero-order valence-electron chi connectivity index (χ0n) is 11.3. The predicted molar refractivity (Wildman–Crippen MR) is 80.0 cm³/mol. The lowest BCUT2D eigenvalue weighted by atomic mass is 10.3. The molecule has 0 N–H and O–H groups in total. The van der Waals surface area contributed by atoms with Crippen molar-refractivity contribution >= 4 is 22.6 Å². The van der Waals surface area contributed by atoms with Crippen molar-refractivity contribution in [1.82, 2.24) is 19.5 Å². The number of nitrogens with zero attached hydrogens (tertiary/aromatic N) is 4. The predicted octanol–water partition coefficient (Wildman–Crippen LogP) is 2.96. The summed E-state index contributed by atoms with van der Waals surface area (Å²) >= 11 is 5.88. The highest BCUT2D eigenvalue weighted by atomic mass is 35.5. The Morgan fingerprint density at radius 3 is 2.90 bits per heavy atom. The molecule has 0 atom stereocenters. The van der Waals surface area contributed by atoms with Crippen LogP contribution in [0.1, 0.15) is 17.2 Å². The first-order valence-corrected chi connectivity index (χ1v) is 7.09. The van der Waals surface area contributed by atoms with Crippen LogP contribution in [0.2, 0.25) is 0 Å². The lowest BCUT2D eigenvalue weighted by molar-refractivity contribution is 0.735. The molecule has 102 valence electrons. The van der Waals surface area contributed by atoms with Gasteiger partial charge in [-0.3, -0.25) is 9.97 Å². The van der Waals surface area contributed by atoms with Gasteiger partial charge in [-0.1, -0.05) is 6.07 Å². The average Bonchev–Trinajstić information content (AvgIpc) is 2.78. The van der Waals surface area contributed by atoms with Crippen LogP contribution in [0, 0.1) is 6.92 Å². The van der Waals surface area contributed by atoms with Gasteiger partial charge in [0.2, 0.25) is 0 Å². The molecule has 0 spiro atoms. The Labute approximate surface area is 122 Å². The lowest BCUT2D eigenvalue weighted by Gasteiger charge is -2.08. The molecule has 0 radical (unpaired) electrons. The minimum Gasteiger partial charge on any atom is -0.322 e. The van der Waals surface area contributed by atoms with Gasteiger partial charge in [0, 0.05) is 24.2 Å². The molecule has 3 aromatic heterocycles. The number of aromatic nitrogens is 4. The Morgan fingerprint density at radius 1 is 1.20 bits per heavy atom. The summed E-state index contributed by atoms with van der Waals surface area (Å²) in [5, 5.41) is 0. The van der Waals surface area contributed by atoms with Crippen LogP contribution in [0.15, 0.2) is 36.7 Å². The molecule has 0 aliphatic carbocycles. The summed E-state index contributed by atoms with van der Waals surface area (Å²) in [4.78, 5) is 13.3. The molecule has 0 fully saturated rings. The topological polar surface area (TPSA) is 43.6 Å². The van der Waals surface area contributed by atoms with Crippen molar-refractivity contribution in [3.63, 3.8) is 0 Å². The van der Waals surface area contributed by atoms with E-state index in [1.54, 1.807) is 12.4 Å². The van der Waals surface area contributed by atoms with E-state index in [-0.39, 0.29) is 0 Å². The second-order valence-corrected chi connectivity index (χ2v) is 5.07. The van der Waals surface area contributed by atoms with Gasteiger partial charge in [-0.2, -0.15) is 0 Å². The summed E-state index contributed by atoms with van der Waals surface area (Å²) in [6, 6.07) is 8.04. The zero-order chi connectivity index (χ0) is 13.9. The van der Waals surface area contributed by atoms with Gasteiger partial charge in [0.1, 0.15) is 11.3 Å². The minimum absolute atomic E-state index is 0.554. The van der Waals surface area contributed by atoms with Crippen LogP contribution in [0.3, 0.4) is 0 Å². The summed E-state index contributed by atoms with van der Waals surface area (Å²) in [5.74, 6) is 1.53. The van der Waals surface area contributed by atoms with Gasteiger partial charge in [0.05, 0.1) is 24.0 Å². The first-order valence-electron chi connectivity index (χ1n) is 6.55. The standard InChI is InChI=1S/C15H15ClN4/c1-11-3-2-4-12(18-11)10-20-14-6-8-17-9-13(14)19-15(20)5-7-16/h2-4,6,8-9H,5,7,10H2,1H3. The van der Waals surface area contributed by atoms with Gasteiger partial charge in [0.25, 0.3) is 0 Å². The van der Waals surface area contributed by atoms with Crippen LogP contribution in [0.4, 0.5) is 0 Å². The Morgan fingerprint density at radius 2 is 2.10 bits per heavy atom. The van der Waals surface area contributed by atoms with Gasteiger partial charge < -0.3 is 4.57 Å². The van der Waals surface area contributed by atoms with Crippen molar-refractivity contribution in [3.05, 3.63) is 53.9 Å². The van der Waals surface area contributed by atoms with E-state index in [1.165, 1.54) is 0 Å². The van der Waals surface area contributed by atoms with E-state index in [0.717, 1.165) is 34.7 Å². The van der Waals surface area contributed by atoms with Crippen molar-refractivity contribution in [2.24, 2.45) is 0 Å². The Balaban J connectivity index is 2.06. The van der Waals surface area contributed by atoms with Gasteiger partial charge in [-0.15, -0.1) is 11.6 Å². The third kappa shape index (κ3) is 2.51. The summed E-state index contributed by atoms with van der Waals surface area (Å²) in [6.07, 6.45) is 4.31. The van der Waals surface area contributed by atoms with Crippen LogP contribution in [-0.4, -0.2) is 25.4 Å². The maximum atomic E-state index is 5.88. The fraction of sp³-hybridized carbons (Fsp3) is 0.267. The highest BCUT2D eigenvalue weighted by Crippen LogP contribution is 2.17. The second kappa shape index (κ2) is 5.59. The van der Waals surface area contributed by atoms with E-state index >= 15 is 0 Å². The third-order valence-electron chi connectivity index (χ3n) is 3.21. The number of alkyl halides is 1. The number of aryl methyl sites for hydroxylation is 2. The zero-order valence-corrected chi connectivity index (χ0v) is 12.0. The quantitative estimate of drug-likeness (QED) is 0.693. The smallest absolute Gasteiger partial charge is 0.111 e. The molecule has 0 bridgehead atoms. The first kappa shape index (κ1) is 13.1. The van der Waals surface area contributed by atoms with Crippen molar-refractivity contribution in [3.8, 4) is 0 Å². The maximum Gasteiger partial charge on any atom is 0.111 e. The number of imidazole rings is 1. The SMILES string of the molecule is Cc1cccc(Cn2c(CCCl)nc3cnccc32)n1. The number of hydrogen-bond donors (Lipinski definition) is 0. The van der Waals surface area contributed by atoms with E-state index in [1.807, 2.05) is 31.2 Å². The fourth-order valence-corrected chi connectivity index (χ4v) is 2.50. The summed E-state index contributed by atoms with van der Waals surface area (Å²) in [7, 11) is 0. The number of rotatable bonds is 4. The molecule has 0 aromatic carbocycles.